The smallest absolute Gasteiger partial charge is 0.134 e. The van der Waals surface area contributed by atoms with E-state index in [4.69, 9.17) is 5.73 Å². The average Bonchev–Trinajstić information content (AvgIpc) is 2.33. The lowest BCUT2D eigenvalue weighted by molar-refractivity contribution is 0.544. The van der Waals surface area contributed by atoms with Crippen LogP contribution in [-0.2, 0) is 6.42 Å². The molecule has 0 atom stereocenters. The van der Waals surface area contributed by atoms with Crippen LogP contribution in [0.2, 0.25) is 0 Å². The molecule has 0 amide bonds. The maximum atomic E-state index is 5.88. The first kappa shape index (κ1) is 14.7. The van der Waals surface area contributed by atoms with Crippen molar-refractivity contribution in [1.29, 1.82) is 0 Å². The molecule has 1 heterocycles. The van der Waals surface area contributed by atoms with Gasteiger partial charge < -0.3 is 11.1 Å². The van der Waals surface area contributed by atoms with E-state index in [2.05, 4.69) is 29.1 Å². The lowest BCUT2D eigenvalue weighted by Gasteiger charge is -2.11. The summed E-state index contributed by atoms with van der Waals surface area (Å²) in [5, 5.41) is 3.37. The van der Waals surface area contributed by atoms with Crippen molar-refractivity contribution in [2.24, 2.45) is 5.92 Å². The Morgan fingerprint density at radius 2 is 1.94 bits per heavy atom. The van der Waals surface area contributed by atoms with Crippen LogP contribution in [0.3, 0.4) is 0 Å². The molecule has 1 rings (SSSR count). The number of rotatable bonds is 7. The highest BCUT2D eigenvalue weighted by atomic mass is 15.1. The Morgan fingerprint density at radius 3 is 2.56 bits per heavy atom. The van der Waals surface area contributed by atoms with E-state index in [9.17, 15) is 0 Å². The number of nitrogens with zero attached hydrogens (tertiary/aromatic N) is 2. The molecule has 0 saturated heterocycles. The third-order valence-electron chi connectivity index (χ3n) is 3.05. The van der Waals surface area contributed by atoms with E-state index >= 15 is 0 Å². The number of unbranched alkanes of at least 4 members (excludes halogenated alkanes) is 1. The Bertz CT molecular complexity index is 374. The third kappa shape index (κ3) is 4.51. The van der Waals surface area contributed by atoms with Gasteiger partial charge in [-0.2, -0.15) is 0 Å². The van der Waals surface area contributed by atoms with Gasteiger partial charge in [0.1, 0.15) is 17.5 Å². The van der Waals surface area contributed by atoms with Crippen molar-refractivity contribution in [3.05, 3.63) is 11.4 Å². The van der Waals surface area contributed by atoms with Crippen molar-refractivity contribution < 1.29 is 0 Å². The molecule has 4 nitrogen and oxygen atoms in total. The zero-order chi connectivity index (χ0) is 13.5. The summed E-state index contributed by atoms with van der Waals surface area (Å²) >= 11 is 0. The molecular weight excluding hydrogens is 224 g/mol. The van der Waals surface area contributed by atoms with Crippen molar-refractivity contribution >= 4 is 11.6 Å². The van der Waals surface area contributed by atoms with Crippen LogP contribution in [-0.4, -0.2) is 16.5 Å². The predicted octanol–water partition coefficient (Wildman–Crippen LogP) is 3.17. The molecule has 1 aromatic heterocycles. The van der Waals surface area contributed by atoms with E-state index in [-0.39, 0.29) is 0 Å². The molecule has 0 radical (unpaired) electrons. The molecule has 0 fully saturated rings. The SMILES string of the molecule is CCc1nc(N)c(C)c(NCCCCC(C)C)n1. The minimum absolute atomic E-state index is 0.589. The summed E-state index contributed by atoms with van der Waals surface area (Å²) in [4.78, 5) is 8.73. The molecule has 0 unspecified atom stereocenters. The van der Waals surface area contributed by atoms with Gasteiger partial charge in [-0.05, 0) is 19.3 Å². The standard InChI is InChI=1S/C14H26N4/c1-5-12-17-13(15)11(4)14(18-12)16-9-7-6-8-10(2)3/h10H,5-9H2,1-4H3,(H3,15,16,17,18). The maximum Gasteiger partial charge on any atom is 0.134 e. The molecule has 0 aliphatic carbocycles. The lowest BCUT2D eigenvalue weighted by atomic mass is 10.1. The zero-order valence-electron chi connectivity index (χ0n) is 12.1. The van der Waals surface area contributed by atoms with Crippen LogP contribution in [0, 0.1) is 12.8 Å². The van der Waals surface area contributed by atoms with Crippen molar-refractivity contribution in [2.45, 2.75) is 53.4 Å². The van der Waals surface area contributed by atoms with Gasteiger partial charge in [0.05, 0.1) is 0 Å². The van der Waals surface area contributed by atoms with Crippen LogP contribution in [0.1, 0.15) is 51.4 Å². The summed E-state index contributed by atoms with van der Waals surface area (Å²) < 4.78 is 0. The molecule has 3 N–H and O–H groups in total. The van der Waals surface area contributed by atoms with Gasteiger partial charge >= 0.3 is 0 Å². The number of nitrogens with one attached hydrogen (secondary N) is 1. The quantitative estimate of drug-likeness (QED) is 0.730. The number of hydrogen-bond acceptors (Lipinski definition) is 4. The number of anilines is 2. The normalized spacial score (nSPS) is 10.9. The van der Waals surface area contributed by atoms with Crippen molar-refractivity contribution in [3.63, 3.8) is 0 Å². The molecule has 0 spiro atoms. The van der Waals surface area contributed by atoms with Crippen LogP contribution >= 0.6 is 0 Å². The highest BCUT2D eigenvalue weighted by Gasteiger charge is 2.07. The van der Waals surface area contributed by atoms with Gasteiger partial charge in [-0.3, -0.25) is 0 Å². The fraction of sp³-hybridized carbons (Fsp3) is 0.714. The highest BCUT2D eigenvalue weighted by Crippen LogP contribution is 2.17. The van der Waals surface area contributed by atoms with E-state index < -0.39 is 0 Å². The summed E-state index contributed by atoms with van der Waals surface area (Å²) in [5.74, 6) is 3.08. The molecule has 0 aliphatic rings. The van der Waals surface area contributed by atoms with Crippen molar-refractivity contribution in [3.8, 4) is 0 Å². The van der Waals surface area contributed by atoms with E-state index in [0.29, 0.717) is 5.82 Å². The van der Waals surface area contributed by atoms with Crippen LogP contribution in [0.5, 0.6) is 0 Å². The van der Waals surface area contributed by atoms with Crippen LogP contribution in [0.15, 0.2) is 0 Å². The Morgan fingerprint density at radius 1 is 1.22 bits per heavy atom. The summed E-state index contributed by atoms with van der Waals surface area (Å²) in [6.45, 7) is 9.47. The van der Waals surface area contributed by atoms with Gasteiger partial charge in [-0.25, -0.2) is 9.97 Å². The van der Waals surface area contributed by atoms with Gasteiger partial charge in [-0.15, -0.1) is 0 Å². The number of hydrogen-bond donors (Lipinski definition) is 2. The second-order valence-corrected chi connectivity index (χ2v) is 5.17. The summed E-state index contributed by atoms with van der Waals surface area (Å²) in [7, 11) is 0. The fourth-order valence-corrected chi connectivity index (χ4v) is 1.80. The Hall–Kier alpha value is -1.32. The second kappa shape index (κ2) is 7.19. The predicted molar refractivity (Wildman–Crippen MR) is 77.7 cm³/mol. The molecular formula is C14H26N4. The van der Waals surface area contributed by atoms with Crippen LogP contribution < -0.4 is 11.1 Å². The van der Waals surface area contributed by atoms with Gasteiger partial charge in [0.15, 0.2) is 0 Å². The first-order valence-electron chi connectivity index (χ1n) is 6.91. The molecule has 0 saturated carbocycles. The average molecular weight is 250 g/mol. The molecule has 4 heteroatoms. The molecule has 0 bridgehead atoms. The third-order valence-corrected chi connectivity index (χ3v) is 3.05. The van der Waals surface area contributed by atoms with Crippen LogP contribution in [0.25, 0.3) is 0 Å². The Kier molecular flexibility index (Phi) is 5.89. The maximum absolute atomic E-state index is 5.88. The molecule has 0 aliphatic heterocycles. The monoisotopic (exact) mass is 250 g/mol. The van der Waals surface area contributed by atoms with E-state index in [1.54, 1.807) is 0 Å². The number of nitrogen functional groups attached to an aromatic ring is 1. The van der Waals surface area contributed by atoms with Crippen molar-refractivity contribution in [1.82, 2.24) is 9.97 Å². The number of aryl methyl sites for hydroxylation is 1. The second-order valence-electron chi connectivity index (χ2n) is 5.17. The van der Waals surface area contributed by atoms with Gasteiger partial charge in [0.25, 0.3) is 0 Å². The topological polar surface area (TPSA) is 63.8 Å². The number of aromatic nitrogens is 2. The van der Waals surface area contributed by atoms with Crippen molar-refractivity contribution in [2.75, 3.05) is 17.6 Å². The van der Waals surface area contributed by atoms with Gasteiger partial charge in [-0.1, -0.05) is 33.6 Å². The Labute approximate surface area is 110 Å². The molecule has 0 aromatic carbocycles. The van der Waals surface area contributed by atoms with Crippen LogP contribution in [0.4, 0.5) is 11.6 Å². The van der Waals surface area contributed by atoms with Gasteiger partial charge in [0.2, 0.25) is 0 Å². The van der Waals surface area contributed by atoms with Gasteiger partial charge in [0, 0.05) is 18.5 Å². The molecule has 18 heavy (non-hydrogen) atoms. The van der Waals surface area contributed by atoms with E-state index in [1.807, 2.05) is 13.8 Å². The molecule has 1 aromatic rings. The Balaban J connectivity index is 2.48. The summed E-state index contributed by atoms with van der Waals surface area (Å²) in [5.41, 5.74) is 6.83. The summed E-state index contributed by atoms with van der Waals surface area (Å²) in [6, 6.07) is 0. The first-order valence-corrected chi connectivity index (χ1v) is 6.91. The summed E-state index contributed by atoms with van der Waals surface area (Å²) in [6.07, 6.45) is 4.52. The van der Waals surface area contributed by atoms with E-state index in [0.717, 1.165) is 36.1 Å². The fourth-order valence-electron chi connectivity index (χ4n) is 1.80. The van der Waals surface area contributed by atoms with E-state index in [1.165, 1.54) is 19.3 Å². The zero-order valence-corrected chi connectivity index (χ0v) is 12.1. The number of nitrogens with two attached hydrogens (primary N) is 1. The molecule has 102 valence electrons. The largest absolute Gasteiger partial charge is 0.383 e. The minimum Gasteiger partial charge on any atom is -0.383 e. The highest BCUT2D eigenvalue weighted by molar-refractivity contribution is 5.54. The lowest BCUT2D eigenvalue weighted by Crippen LogP contribution is -2.10. The first-order chi connectivity index (χ1) is 8.54. The minimum atomic E-state index is 0.589.